The van der Waals surface area contributed by atoms with Gasteiger partial charge in [0.15, 0.2) is 11.5 Å². The molecule has 0 saturated carbocycles. The van der Waals surface area contributed by atoms with Gasteiger partial charge in [-0.05, 0) is 22.4 Å². The Hall–Kier alpha value is -2.21. The lowest BCUT2D eigenvalue weighted by Crippen LogP contribution is -2.06. The molecule has 0 bridgehead atoms. The number of carboxylic acids is 1. The minimum Gasteiger partial charge on any atom is -0.492 e. The van der Waals surface area contributed by atoms with E-state index in [1.54, 1.807) is 17.4 Å². The van der Waals surface area contributed by atoms with Gasteiger partial charge >= 0.3 is 5.97 Å². The van der Waals surface area contributed by atoms with Crippen molar-refractivity contribution in [1.29, 1.82) is 0 Å². The van der Waals surface area contributed by atoms with Crippen LogP contribution in [0.1, 0.15) is 15.9 Å². The first-order valence-corrected chi connectivity index (χ1v) is 6.99. The van der Waals surface area contributed by atoms with Crippen molar-refractivity contribution in [3.05, 3.63) is 40.1 Å². The van der Waals surface area contributed by atoms with Gasteiger partial charge < -0.3 is 19.3 Å². The second-order valence-corrected chi connectivity index (χ2v) is 5.02. The van der Waals surface area contributed by atoms with Crippen LogP contribution in [0.3, 0.4) is 0 Å². The normalized spacial score (nSPS) is 12.4. The first-order valence-electron chi connectivity index (χ1n) is 6.05. The lowest BCUT2D eigenvalue weighted by Gasteiger charge is -2.09. The highest BCUT2D eigenvalue weighted by atomic mass is 32.1. The van der Waals surface area contributed by atoms with E-state index in [2.05, 4.69) is 0 Å². The first-order chi connectivity index (χ1) is 9.74. The van der Waals surface area contributed by atoms with Crippen molar-refractivity contribution in [3.8, 4) is 17.2 Å². The summed E-state index contributed by atoms with van der Waals surface area (Å²) in [7, 11) is 0. The van der Waals surface area contributed by atoms with E-state index in [0.29, 0.717) is 23.9 Å². The zero-order valence-electron chi connectivity index (χ0n) is 10.5. The Morgan fingerprint density at radius 1 is 1.35 bits per heavy atom. The average Bonchev–Trinajstić information content (AvgIpc) is 3.07. The predicted molar refractivity (Wildman–Crippen MR) is 73.0 cm³/mol. The number of hydrogen-bond acceptors (Lipinski definition) is 5. The number of hydrogen-bond donors (Lipinski definition) is 1. The van der Waals surface area contributed by atoms with Crippen LogP contribution in [-0.4, -0.2) is 24.5 Å². The van der Waals surface area contributed by atoms with E-state index in [1.807, 2.05) is 16.8 Å². The summed E-state index contributed by atoms with van der Waals surface area (Å²) in [5.74, 6) is 0.207. The molecule has 0 atom stereocenters. The highest BCUT2D eigenvalue weighted by Gasteiger charge is 2.21. The van der Waals surface area contributed by atoms with Crippen molar-refractivity contribution >= 4 is 17.3 Å². The minimum absolute atomic E-state index is 0.0829. The van der Waals surface area contributed by atoms with E-state index in [0.717, 1.165) is 6.42 Å². The number of fused-ring (bicyclic) bond motifs is 1. The summed E-state index contributed by atoms with van der Waals surface area (Å²) >= 11 is 1.62. The van der Waals surface area contributed by atoms with Gasteiger partial charge in [-0.3, -0.25) is 0 Å². The van der Waals surface area contributed by atoms with Crippen molar-refractivity contribution in [2.24, 2.45) is 0 Å². The van der Waals surface area contributed by atoms with Crippen LogP contribution < -0.4 is 14.2 Å². The van der Waals surface area contributed by atoms with Gasteiger partial charge in [0, 0.05) is 18.6 Å². The molecule has 0 saturated heterocycles. The summed E-state index contributed by atoms with van der Waals surface area (Å²) in [6.45, 7) is 0.517. The van der Waals surface area contributed by atoms with Crippen molar-refractivity contribution in [3.63, 3.8) is 0 Å². The first kappa shape index (κ1) is 12.8. The zero-order chi connectivity index (χ0) is 13.9. The van der Waals surface area contributed by atoms with Gasteiger partial charge in [-0.2, -0.15) is 11.3 Å². The Kier molecular flexibility index (Phi) is 3.47. The molecule has 5 nitrogen and oxygen atoms in total. The number of ether oxygens (including phenoxy) is 3. The maximum atomic E-state index is 11.2. The number of benzene rings is 1. The molecule has 0 amide bonds. The number of rotatable bonds is 5. The molecule has 104 valence electrons. The quantitative estimate of drug-likeness (QED) is 0.918. The van der Waals surface area contributed by atoms with E-state index < -0.39 is 5.97 Å². The summed E-state index contributed by atoms with van der Waals surface area (Å²) in [6.07, 6.45) is 0.733. The van der Waals surface area contributed by atoms with Crippen molar-refractivity contribution < 1.29 is 24.1 Å². The average molecular weight is 292 g/mol. The van der Waals surface area contributed by atoms with Crippen LogP contribution >= 0.6 is 11.3 Å². The van der Waals surface area contributed by atoms with Crippen molar-refractivity contribution in [1.82, 2.24) is 0 Å². The van der Waals surface area contributed by atoms with Crippen molar-refractivity contribution in [2.45, 2.75) is 6.42 Å². The molecule has 1 aliphatic rings. The Morgan fingerprint density at radius 3 is 2.85 bits per heavy atom. The van der Waals surface area contributed by atoms with E-state index in [-0.39, 0.29) is 12.4 Å². The second-order valence-electron chi connectivity index (χ2n) is 4.24. The molecule has 1 aromatic heterocycles. The van der Waals surface area contributed by atoms with E-state index in [9.17, 15) is 9.90 Å². The minimum atomic E-state index is -1.05. The highest BCUT2D eigenvalue weighted by molar-refractivity contribution is 7.07. The van der Waals surface area contributed by atoms with Crippen LogP contribution in [0.2, 0.25) is 0 Å². The van der Waals surface area contributed by atoms with Crippen molar-refractivity contribution in [2.75, 3.05) is 13.4 Å². The third kappa shape index (κ3) is 2.55. The molecule has 2 aromatic rings. The van der Waals surface area contributed by atoms with Gasteiger partial charge in [0.2, 0.25) is 6.79 Å². The largest absolute Gasteiger partial charge is 0.492 e. The molecule has 2 heterocycles. The summed E-state index contributed by atoms with van der Waals surface area (Å²) in [6, 6.07) is 5.02. The molecule has 0 aliphatic carbocycles. The predicted octanol–water partition coefficient (Wildman–Crippen LogP) is 2.80. The smallest absolute Gasteiger partial charge is 0.339 e. The van der Waals surface area contributed by atoms with Crippen LogP contribution in [0, 0.1) is 0 Å². The van der Waals surface area contributed by atoms with Gasteiger partial charge in [0.25, 0.3) is 0 Å². The van der Waals surface area contributed by atoms with Crippen LogP contribution in [0.4, 0.5) is 0 Å². The molecule has 1 aromatic carbocycles. The Labute approximate surface area is 119 Å². The topological polar surface area (TPSA) is 65.0 Å². The molecular formula is C14H12O5S. The zero-order valence-corrected chi connectivity index (χ0v) is 11.3. The third-order valence-electron chi connectivity index (χ3n) is 2.93. The highest BCUT2D eigenvalue weighted by Crippen LogP contribution is 2.38. The summed E-state index contributed by atoms with van der Waals surface area (Å²) in [5.41, 5.74) is 1.26. The monoisotopic (exact) mass is 292 g/mol. The Morgan fingerprint density at radius 2 is 2.15 bits per heavy atom. The fraction of sp³-hybridized carbons (Fsp3) is 0.214. The molecule has 3 rings (SSSR count). The Balaban J connectivity index is 1.75. The van der Waals surface area contributed by atoms with Gasteiger partial charge in [-0.1, -0.05) is 0 Å². The molecule has 6 heteroatoms. The van der Waals surface area contributed by atoms with Crippen LogP contribution in [0.15, 0.2) is 29.0 Å². The standard InChI is InChI=1S/C14H12O5S/c15-14(16)10-5-12-13(19-8-18-12)6-11(10)17-3-1-9-2-4-20-7-9/h2,4-7H,1,3,8H2,(H,15,16). The second kappa shape index (κ2) is 5.42. The summed E-state index contributed by atoms with van der Waals surface area (Å²) in [5, 5.41) is 13.2. The van der Waals surface area contributed by atoms with Crippen LogP contribution in [0.25, 0.3) is 0 Å². The fourth-order valence-corrected chi connectivity index (χ4v) is 2.63. The van der Waals surface area contributed by atoms with Gasteiger partial charge in [0.1, 0.15) is 11.3 Å². The number of aromatic carboxylic acids is 1. The number of carbonyl (C=O) groups is 1. The molecule has 0 fully saturated rings. The maximum Gasteiger partial charge on any atom is 0.339 e. The maximum absolute atomic E-state index is 11.2. The molecule has 1 N–H and O–H groups in total. The molecular weight excluding hydrogens is 280 g/mol. The Bertz CT molecular complexity index is 621. The van der Waals surface area contributed by atoms with Crippen LogP contribution in [-0.2, 0) is 6.42 Å². The lowest BCUT2D eigenvalue weighted by atomic mass is 10.1. The summed E-state index contributed by atoms with van der Waals surface area (Å²) < 4.78 is 16.0. The van der Waals surface area contributed by atoms with Gasteiger partial charge in [-0.25, -0.2) is 4.79 Å². The molecule has 1 aliphatic heterocycles. The van der Waals surface area contributed by atoms with Crippen LogP contribution in [0.5, 0.6) is 17.2 Å². The molecule has 20 heavy (non-hydrogen) atoms. The third-order valence-corrected chi connectivity index (χ3v) is 3.67. The molecule has 0 spiro atoms. The van der Waals surface area contributed by atoms with E-state index in [4.69, 9.17) is 14.2 Å². The summed E-state index contributed by atoms with van der Waals surface area (Å²) in [4.78, 5) is 11.2. The van der Waals surface area contributed by atoms with E-state index in [1.165, 1.54) is 11.6 Å². The molecule has 0 unspecified atom stereocenters. The fourth-order valence-electron chi connectivity index (χ4n) is 1.92. The lowest BCUT2D eigenvalue weighted by molar-refractivity contribution is 0.0692. The molecule has 0 radical (unpaired) electrons. The van der Waals surface area contributed by atoms with Gasteiger partial charge in [-0.15, -0.1) is 0 Å². The number of thiophene rings is 1. The SMILES string of the molecule is O=C(O)c1cc2c(cc1OCCc1ccsc1)OCO2. The van der Waals surface area contributed by atoms with E-state index >= 15 is 0 Å². The van der Waals surface area contributed by atoms with Gasteiger partial charge in [0.05, 0.1) is 6.61 Å². The number of carboxylic acid groups (broad SMARTS) is 1.